The van der Waals surface area contributed by atoms with Crippen LogP contribution in [0.25, 0.3) is 0 Å². The molecule has 72 valence electrons. The molecule has 0 heterocycles. The van der Waals surface area contributed by atoms with Crippen molar-refractivity contribution in [3.8, 4) is 0 Å². The topological polar surface area (TPSA) is 0 Å². The first-order valence-corrected chi connectivity index (χ1v) is 6.99. The summed E-state index contributed by atoms with van der Waals surface area (Å²) in [6, 6.07) is 8.96. The van der Waals surface area contributed by atoms with Crippen LogP contribution in [0, 0.1) is 6.92 Å². The molecule has 0 aliphatic rings. The van der Waals surface area contributed by atoms with E-state index >= 15 is 0 Å². The Bertz CT molecular complexity index is 255. The molecule has 0 fully saturated rings. The lowest BCUT2D eigenvalue weighted by atomic mass is 10.2. The van der Waals surface area contributed by atoms with Crippen LogP contribution >= 0.6 is 7.92 Å². The zero-order chi connectivity index (χ0) is 9.68. The zero-order valence-electron chi connectivity index (χ0n) is 8.88. The van der Waals surface area contributed by atoms with E-state index in [-0.39, 0.29) is 7.92 Å². The van der Waals surface area contributed by atoms with E-state index in [2.05, 4.69) is 44.8 Å². The Kier molecular flexibility index (Phi) is 4.45. The van der Waals surface area contributed by atoms with E-state index in [0.29, 0.717) is 0 Å². The van der Waals surface area contributed by atoms with E-state index < -0.39 is 0 Å². The average Bonchev–Trinajstić information content (AvgIpc) is 2.14. The maximum Gasteiger partial charge on any atom is -0.0240 e. The van der Waals surface area contributed by atoms with E-state index in [1.807, 2.05) is 0 Å². The third kappa shape index (κ3) is 3.48. The van der Waals surface area contributed by atoms with Crippen molar-refractivity contribution in [3.05, 3.63) is 29.8 Å². The van der Waals surface area contributed by atoms with Crippen molar-refractivity contribution in [3.63, 3.8) is 0 Å². The maximum absolute atomic E-state index is 2.39. The molecule has 0 N–H and O–H groups in total. The van der Waals surface area contributed by atoms with Gasteiger partial charge in [-0.2, -0.15) is 0 Å². The summed E-state index contributed by atoms with van der Waals surface area (Å²) >= 11 is 0. The Morgan fingerprint density at radius 1 is 1.31 bits per heavy atom. The van der Waals surface area contributed by atoms with Crippen LogP contribution in [0.1, 0.15) is 25.3 Å². The van der Waals surface area contributed by atoms with Gasteiger partial charge in [0.1, 0.15) is 0 Å². The lowest BCUT2D eigenvalue weighted by molar-refractivity contribution is 0.893. The minimum absolute atomic E-state index is 0.102. The predicted octanol–water partition coefficient (Wildman–Crippen LogP) is 3.53. The molecule has 0 bridgehead atoms. The van der Waals surface area contributed by atoms with Gasteiger partial charge in [-0.25, -0.2) is 0 Å². The molecular formula is C12H19P. The Morgan fingerprint density at radius 3 is 2.69 bits per heavy atom. The molecule has 1 rings (SSSR count). The summed E-state index contributed by atoms with van der Waals surface area (Å²) in [6.07, 6.45) is 4.07. The van der Waals surface area contributed by atoms with Gasteiger partial charge >= 0.3 is 0 Å². The van der Waals surface area contributed by atoms with Crippen LogP contribution in [0.4, 0.5) is 0 Å². The molecule has 0 aliphatic carbocycles. The quantitative estimate of drug-likeness (QED) is 0.643. The fraction of sp³-hybridized carbons (Fsp3) is 0.500. The largest absolute Gasteiger partial charge is 0.0785 e. The molecule has 1 aromatic rings. The molecule has 0 aromatic heterocycles. The van der Waals surface area contributed by atoms with Gasteiger partial charge in [-0.3, -0.25) is 0 Å². The number of benzene rings is 1. The van der Waals surface area contributed by atoms with Crippen molar-refractivity contribution < 1.29 is 0 Å². The molecule has 1 heteroatoms. The summed E-state index contributed by atoms with van der Waals surface area (Å²) in [5.74, 6) is 0. The van der Waals surface area contributed by atoms with Gasteiger partial charge in [-0.05, 0) is 31.5 Å². The SMILES string of the molecule is CCCCP(C)c1cccc(C)c1. The van der Waals surface area contributed by atoms with E-state index in [0.717, 1.165) is 0 Å². The molecule has 0 nitrogen and oxygen atoms in total. The van der Waals surface area contributed by atoms with Gasteiger partial charge in [-0.1, -0.05) is 51.1 Å². The molecule has 0 spiro atoms. The van der Waals surface area contributed by atoms with Crippen molar-refractivity contribution in [2.24, 2.45) is 0 Å². The number of hydrogen-bond donors (Lipinski definition) is 0. The fourth-order valence-electron chi connectivity index (χ4n) is 1.39. The fourth-order valence-corrected chi connectivity index (χ4v) is 3.20. The van der Waals surface area contributed by atoms with Crippen molar-refractivity contribution >= 4 is 13.2 Å². The monoisotopic (exact) mass is 194 g/mol. The van der Waals surface area contributed by atoms with Crippen LogP contribution in [0.15, 0.2) is 24.3 Å². The molecule has 0 saturated carbocycles. The molecule has 13 heavy (non-hydrogen) atoms. The Labute approximate surface area is 83.1 Å². The highest BCUT2D eigenvalue weighted by Crippen LogP contribution is 2.30. The van der Waals surface area contributed by atoms with E-state index in [9.17, 15) is 0 Å². The van der Waals surface area contributed by atoms with Gasteiger partial charge in [0.15, 0.2) is 0 Å². The standard InChI is InChI=1S/C12H19P/c1-4-5-9-13(3)12-8-6-7-11(2)10-12/h6-8,10H,4-5,9H2,1-3H3. The summed E-state index contributed by atoms with van der Waals surface area (Å²) < 4.78 is 0. The van der Waals surface area contributed by atoms with Crippen molar-refractivity contribution in [1.29, 1.82) is 0 Å². The normalized spacial score (nSPS) is 12.8. The number of hydrogen-bond acceptors (Lipinski definition) is 0. The third-order valence-electron chi connectivity index (χ3n) is 2.29. The second kappa shape index (κ2) is 5.40. The van der Waals surface area contributed by atoms with Gasteiger partial charge in [0, 0.05) is 0 Å². The third-order valence-corrected chi connectivity index (χ3v) is 4.44. The lowest BCUT2D eigenvalue weighted by Crippen LogP contribution is -2.02. The van der Waals surface area contributed by atoms with Gasteiger partial charge < -0.3 is 0 Å². The summed E-state index contributed by atoms with van der Waals surface area (Å²) in [5, 5.41) is 1.56. The Balaban J connectivity index is 2.60. The van der Waals surface area contributed by atoms with Gasteiger partial charge in [-0.15, -0.1) is 0 Å². The smallest absolute Gasteiger partial charge is 0.0240 e. The molecule has 1 aromatic carbocycles. The summed E-state index contributed by atoms with van der Waals surface area (Å²) in [5.41, 5.74) is 1.39. The molecule has 1 unspecified atom stereocenters. The first-order chi connectivity index (χ1) is 6.24. The molecule has 1 atom stereocenters. The zero-order valence-corrected chi connectivity index (χ0v) is 9.77. The summed E-state index contributed by atoms with van der Waals surface area (Å²) in [7, 11) is 0.102. The highest BCUT2D eigenvalue weighted by atomic mass is 31.1. The molecule has 0 aliphatic heterocycles. The number of rotatable bonds is 4. The summed E-state index contributed by atoms with van der Waals surface area (Å²) in [4.78, 5) is 0. The van der Waals surface area contributed by atoms with Crippen molar-refractivity contribution in [2.45, 2.75) is 26.7 Å². The molecular weight excluding hydrogens is 175 g/mol. The van der Waals surface area contributed by atoms with E-state index in [1.54, 1.807) is 5.30 Å². The second-order valence-electron chi connectivity index (χ2n) is 3.61. The predicted molar refractivity (Wildman–Crippen MR) is 63.4 cm³/mol. The number of aryl methyl sites for hydroxylation is 1. The first kappa shape index (κ1) is 10.7. The second-order valence-corrected chi connectivity index (χ2v) is 5.97. The minimum atomic E-state index is 0.102. The highest BCUT2D eigenvalue weighted by Gasteiger charge is 2.03. The number of unbranched alkanes of at least 4 members (excludes halogenated alkanes) is 1. The molecule has 0 amide bonds. The summed E-state index contributed by atoms with van der Waals surface area (Å²) in [6.45, 7) is 6.83. The lowest BCUT2D eigenvalue weighted by Gasteiger charge is -2.12. The van der Waals surface area contributed by atoms with Gasteiger partial charge in [0.25, 0.3) is 0 Å². The Hall–Kier alpha value is -0.350. The first-order valence-electron chi connectivity index (χ1n) is 5.02. The van der Waals surface area contributed by atoms with Gasteiger partial charge in [0.2, 0.25) is 0 Å². The van der Waals surface area contributed by atoms with Crippen LogP contribution in [0.3, 0.4) is 0 Å². The van der Waals surface area contributed by atoms with Crippen molar-refractivity contribution in [2.75, 3.05) is 12.8 Å². The maximum atomic E-state index is 2.39. The van der Waals surface area contributed by atoms with Crippen LogP contribution < -0.4 is 5.30 Å². The van der Waals surface area contributed by atoms with E-state index in [4.69, 9.17) is 0 Å². The molecule has 0 radical (unpaired) electrons. The van der Waals surface area contributed by atoms with Crippen LogP contribution in [-0.2, 0) is 0 Å². The average molecular weight is 194 g/mol. The minimum Gasteiger partial charge on any atom is -0.0785 e. The van der Waals surface area contributed by atoms with E-state index in [1.165, 1.54) is 24.6 Å². The van der Waals surface area contributed by atoms with Crippen LogP contribution in [0.5, 0.6) is 0 Å². The van der Waals surface area contributed by atoms with Gasteiger partial charge in [0.05, 0.1) is 0 Å². The molecule has 0 saturated heterocycles. The van der Waals surface area contributed by atoms with Crippen molar-refractivity contribution in [1.82, 2.24) is 0 Å². The van der Waals surface area contributed by atoms with Crippen LogP contribution in [0.2, 0.25) is 0 Å². The van der Waals surface area contributed by atoms with Crippen LogP contribution in [-0.4, -0.2) is 12.8 Å². The highest BCUT2D eigenvalue weighted by molar-refractivity contribution is 7.64. The Morgan fingerprint density at radius 2 is 2.08 bits per heavy atom.